The van der Waals surface area contributed by atoms with Crippen LogP contribution in [0.2, 0.25) is 5.02 Å². The predicted molar refractivity (Wildman–Crippen MR) is 79.9 cm³/mol. The number of carbonyl (C=O) groups excluding carboxylic acids is 1. The van der Waals surface area contributed by atoms with Crippen molar-refractivity contribution < 1.29 is 9.36 Å². The Bertz CT molecular complexity index is 656. The lowest BCUT2D eigenvalue weighted by molar-refractivity contribution is -0.552. The van der Waals surface area contributed by atoms with E-state index in [9.17, 15) is 4.79 Å². The number of hydrogen-bond acceptors (Lipinski definition) is 2. The molecule has 0 saturated carbocycles. The molecule has 1 heterocycles. The van der Waals surface area contributed by atoms with Crippen LogP contribution < -0.4 is 10.3 Å². The van der Waals surface area contributed by atoms with Crippen molar-refractivity contribution >= 4 is 45.3 Å². The number of ketones is 1. The topological polar surface area (TPSA) is 47.0 Å². The van der Waals surface area contributed by atoms with Gasteiger partial charge in [-0.05, 0) is 18.2 Å². The number of rotatable bonds is 3. The van der Waals surface area contributed by atoms with Crippen LogP contribution in [0.5, 0.6) is 0 Å². The monoisotopic (exact) mass is 337 g/mol. The zero-order valence-electron chi connectivity index (χ0n) is 9.88. The van der Waals surface area contributed by atoms with Crippen molar-refractivity contribution in [3.05, 3.63) is 63.7 Å². The molecule has 0 aliphatic carbocycles. The van der Waals surface area contributed by atoms with Crippen LogP contribution in [-0.2, 0) is 0 Å². The molecule has 0 aliphatic rings. The molecule has 2 rings (SSSR count). The second-order valence-electron chi connectivity index (χ2n) is 3.87. The van der Waals surface area contributed by atoms with E-state index in [0.717, 1.165) is 4.47 Å². The SMILES string of the molecule is Nc1ccc(Cl)c[n+]1C=CC(=O)c1cccc(Br)c1. The van der Waals surface area contributed by atoms with Crippen molar-refractivity contribution in [3.8, 4) is 0 Å². The van der Waals surface area contributed by atoms with Crippen molar-refractivity contribution in [2.75, 3.05) is 5.73 Å². The highest BCUT2D eigenvalue weighted by Crippen LogP contribution is 2.12. The first-order valence-electron chi connectivity index (χ1n) is 5.50. The highest BCUT2D eigenvalue weighted by molar-refractivity contribution is 9.10. The first-order valence-corrected chi connectivity index (χ1v) is 6.67. The fourth-order valence-electron chi connectivity index (χ4n) is 1.52. The van der Waals surface area contributed by atoms with Gasteiger partial charge in [0.15, 0.2) is 5.78 Å². The van der Waals surface area contributed by atoms with Crippen LogP contribution in [-0.4, -0.2) is 5.78 Å². The number of hydrogen-bond donors (Lipinski definition) is 1. The molecule has 0 bridgehead atoms. The molecule has 2 aromatic rings. The first kappa shape index (κ1) is 13.8. The smallest absolute Gasteiger partial charge is 0.277 e. The molecule has 3 nitrogen and oxygen atoms in total. The largest absolute Gasteiger partial charge is 0.289 e. The minimum Gasteiger partial charge on any atom is -0.289 e. The molecular weight excluding hydrogens is 328 g/mol. The number of benzene rings is 1. The Morgan fingerprint density at radius 3 is 2.84 bits per heavy atom. The molecule has 0 fully saturated rings. The van der Waals surface area contributed by atoms with Crippen molar-refractivity contribution in [1.82, 2.24) is 0 Å². The van der Waals surface area contributed by atoms with Crippen LogP contribution in [0.15, 0.2) is 53.1 Å². The van der Waals surface area contributed by atoms with Crippen molar-refractivity contribution in [2.45, 2.75) is 0 Å². The Kier molecular flexibility index (Phi) is 4.35. The second kappa shape index (κ2) is 5.99. The lowest BCUT2D eigenvalue weighted by Crippen LogP contribution is -2.30. The van der Waals surface area contributed by atoms with Gasteiger partial charge in [-0.2, -0.15) is 0 Å². The van der Waals surface area contributed by atoms with Gasteiger partial charge in [0.2, 0.25) is 0 Å². The zero-order valence-corrected chi connectivity index (χ0v) is 12.2. The third-order valence-electron chi connectivity index (χ3n) is 2.47. The number of allylic oxidation sites excluding steroid dienone is 1. The fourth-order valence-corrected chi connectivity index (χ4v) is 2.08. The minimum absolute atomic E-state index is 0.104. The van der Waals surface area contributed by atoms with Crippen LogP contribution in [0, 0.1) is 0 Å². The molecule has 5 heteroatoms. The summed E-state index contributed by atoms with van der Waals surface area (Å²) in [5.41, 5.74) is 6.38. The van der Waals surface area contributed by atoms with Gasteiger partial charge in [-0.1, -0.05) is 39.7 Å². The van der Waals surface area contributed by atoms with E-state index >= 15 is 0 Å². The maximum absolute atomic E-state index is 12.0. The van der Waals surface area contributed by atoms with Crippen molar-refractivity contribution in [2.24, 2.45) is 0 Å². The Hall–Kier alpha value is -1.65. The number of pyridine rings is 1. The van der Waals surface area contributed by atoms with Crippen LogP contribution in [0.25, 0.3) is 6.20 Å². The van der Waals surface area contributed by atoms with E-state index in [-0.39, 0.29) is 5.78 Å². The summed E-state index contributed by atoms with van der Waals surface area (Å²) in [6.45, 7) is 0. The number of aromatic nitrogens is 1. The Morgan fingerprint density at radius 1 is 1.32 bits per heavy atom. The van der Waals surface area contributed by atoms with E-state index in [0.29, 0.717) is 16.4 Å². The van der Waals surface area contributed by atoms with E-state index in [1.54, 1.807) is 41.2 Å². The Morgan fingerprint density at radius 2 is 2.11 bits per heavy atom. The van der Waals surface area contributed by atoms with E-state index in [1.165, 1.54) is 6.08 Å². The van der Waals surface area contributed by atoms with E-state index < -0.39 is 0 Å². The second-order valence-corrected chi connectivity index (χ2v) is 5.22. The van der Waals surface area contributed by atoms with Crippen LogP contribution >= 0.6 is 27.5 Å². The molecular formula is C14H11BrClN2O+. The Labute approximate surface area is 124 Å². The molecule has 1 aromatic carbocycles. The summed E-state index contributed by atoms with van der Waals surface area (Å²) in [6.07, 6.45) is 4.68. The molecule has 2 N–H and O–H groups in total. The minimum atomic E-state index is -0.104. The zero-order chi connectivity index (χ0) is 13.8. The van der Waals surface area contributed by atoms with Gasteiger partial charge in [-0.15, -0.1) is 0 Å². The quantitative estimate of drug-likeness (QED) is 0.530. The molecule has 0 atom stereocenters. The van der Waals surface area contributed by atoms with E-state index in [2.05, 4.69) is 15.9 Å². The maximum atomic E-state index is 12.0. The number of nitrogens with two attached hydrogens (primary N) is 1. The van der Waals surface area contributed by atoms with Crippen LogP contribution in [0.3, 0.4) is 0 Å². The van der Waals surface area contributed by atoms with Gasteiger partial charge in [-0.3, -0.25) is 10.5 Å². The molecule has 96 valence electrons. The molecule has 0 amide bonds. The summed E-state index contributed by atoms with van der Waals surface area (Å²) in [6, 6.07) is 10.6. The summed E-state index contributed by atoms with van der Waals surface area (Å²) in [4.78, 5) is 12.0. The number of nitrogens with zero attached hydrogens (tertiary/aromatic N) is 1. The molecule has 0 saturated heterocycles. The van der Waals surface area contributed by atoms with Gasteiger partial charge in [0.05, 0.1) is 11.2 Å². The van der Waals surface area contributed by atoms with E-state index in [4.69, 9.17) is 17.3 Å². The Balaban J connectivity index is 2.23. The fraction of sp³-hybridized carbons (Fsp3) is 0. The summed E-state index contributed by atoms with van der Waals surface area (Å²) < 4.78 is 2.46. The van der Waals surface area contributed by atoms with Crippen molar-refractivity contribution in [3.63, 3.8) is 0 Å². The summed E-state index contributed by atoms with van der Waals surface area (Å²) in [5, 5.41) is 0.550. The molecule has 0 unspecified atom stereocenters. The van der Waals surface area contributed by atoms with Gasteiger partial charge in [0.25, 0.3) is 5.82 Å². The number of anilines is 1. The molecule has 0 spiro atoms. The highest BCUT2D eigenvalue weighted by atomic mass is 79.9. The summed E-state index contributed by atoms with van der Waals surface area (Å²) >= 11 is 9.20. The third kappa shape index (κ3) is 3.66. The van der Waals surface area contributed by atoms with Crippen LogP contribution in [0.4, 0.5) is 5.82 Å². The highest BCUT2D eigenvalue weighted by Gasteiger charge is 2.05. The van der Waals surface area contributed by atoms with Gasteiger partial charge in [0.1, 0.15) is 6.20 Å². The number of halogens is 2. The van der Waals surface area contributed by atoms with E-state index in [1.807, 2.05) is 12.1 Å². The molecule has 0 aliphatic heterocycles. The predicted octanol–water partition coefficient (Wildman–Crippen LogP) is 3.33. The van der Waals surface area contributed by atoms with Gasteiger partial charge < -0.3 is 0 Å². The summed E-state index contributed by atoms with van der Waals surface area (Å²) in [5.74, 6) is 0.399. The lowest BCUT2D eigenvalue weighted by Gasteiger charge is -1.98. The lowest BCUT2D eigenvalue weighted by atomic mass is 10.1. The van der Waals surface area contributed by atoms with Crippen LogP contribution in [0.1, 0.15) is 10.4 Å². The molecule has 19 heavy (non-hydrogen) atoms. The average Bonchev–Trinajstić information content (AvgIpc) is 2.39. The average molecular weight is 339 g/mol. The van der Waals surface area contributed by atoms with Gasteiger partial charge in [0, 0.05) is 22.2 Å². The molecule has 0 radical (unpaired) electrons. The van der Waals surface area contributed by atoms with Crippen molar-refractivity contribution in [1.29, 1.82) is 0 Å². The first-order chi connectivity index (χ1) is 9.06. The molecule has 1 aromatic heterocycles. The standard InChI is InChI=1S/C14H10BrClN2O/c15-11-3-1-2-10(8-11)13(19)6-7-18-9-12(16)4-5-14(18)17/h1-9,17H/p+1. The number of nitrogen functional groups attached to an aromatic ring is 1. The maximum Gasteiger partial charge on any atom is 0.277 e. The third-order valence-corrected chi connectivity index (χ3v) is 3.19. The normalized spacial score (nSPS) is 10.8. The summed E-state index contributed by atoms with van der Waals surface area (Å²) in [7, 11) is 0. The van der Waals surface area contributed by atoms with Gasteiger partial charge in [-0.25, -0.2) is 4.57 Å². The number of carbonyl (C=O) groups is 1. The van der Waals surface area contributed by atoms with Gasteiger partial charge >= 0.3 is 0 Å².